The van der Waals surface area contributed by atoms with Gasteiger partial charge in [0.25, 0.3) is 0 Å². The van der Waals surface area contributed by atoms with Crippen LogP contribution in [-0.2, 0) is 33.3 Å². The van der Waals surface area contributed by atoms with Gasteiger partial charge in [0, 0.05) is 44.8 Å². The lowest BCUT2D eigenvalue weighted by Crippen LogP contribution is -2.55. The summed E-state index contributed by atoms with van der Waals surface area (Å²) in [6, 6.07) is 0.288. The maximum Gasteiger partial charge on any atom is 0.337 e. The number of hydrogen-bond acceptors (Lipinski definition) is 8. The molecule has 1 fully saturated rings. The van der Waals surface area contributed by atoms with E-state index in [9.17, 15) is 9.59 Å². The molecule has 1 saturated heterocycles. The van der Waals surface area contributed by atoms with Gasteiger partial charge >= 0.3 is 5.97 Å². The number of cyclic esters (lactones) is 1. The second kappa shape index (κ2) is 10.8. The average molecular weight is 470 g/mol. The molecular formula is C25H43NO7. The van der Waals surface area contributed by atoms with Crippen molar-refractivity contribution in [3.8, 4) is 0 Å². The van der Waals surface area contributed by atoms with Gasteiger partial charge in [0.05, 0.1) is 23.9 Å². The highest BCUT2D eigenvalue weighted by Gasteiger charge is 2.47. The van der Waals surface area contributed by atoms with Crippen molar-refractivity contribution in [1.82, 2.24) is 4.90 Å². The third-order valence-corrected chi connectivity index (χ3v) is 6.82. The van der Waals surface area contributed by atoms with Crippen molar-refractivity contribution in [3.63, 3.8) is 0 Å². The van der Waals surface area contributed by atoms with Crippen molar-refractivity contribution >= 4 is 12.3 Å². The second-order valence-electron chi connectivity index (χ2n) is 10.6. The van der Waals surface area contributed by atoms with Crippen LogP contribution in [0, 0.1) is 17.8 Å². The molecule has 2 rings (SSSR count). The predicted molar refractivity (Wildman–Crippen MR) is 124 cm³/mol. The molecule has 2 aliphatic heterocycles. The minimum absolute atomic E-state index is 0.0244. The van der Waals surface area contributed by atoms with Crippen LogP contribution >= 0.6 is 0 Å². The van der Waals surface area contributed by atoms with Gasteiger partial charge < -0.3 is 33.4 Å². The van der Waals surface area contributed by atoms with Gasteiger partial charge in [-0.15, -0.1) is 0 Å². The minimum Gasteiger partial charge on any atom is -0.456 e. The van der Waals surface area contributed by atoms with E-state index in [1.807, 2.05) is 27.7 Å². The molecule has 2 heterocycles. The normalized spacial score (nSPS) is 32.1. The summed E-state index contributed by atoms with van der Waals surface area (Å²) in [6.45, 7) is 13.3. The molecule has 33 heavy (non-hydrogen) atoms. The standard InChI is InChI=1S/C25H43NO7/c1-15(14-27)13-25(7,29-10)22(18(4)20-12-21(28)33-24(5,6)32-20)31-23-17(3)19(26(8)9)11-16(2)30-23/h12,14-19,22-23H,11,13H2,1-10H3/t15-,16?,17?,18+,19?,22-,23?,25-/m1/s1. The van der Waals surface area contributed by atoms with E-state index in [4.69, 9.17) is 23.7 Å². The molecule has 0 aliphatic carbocycles. The van der Waals surface area contributed by atoms with Crippen LogP contribution in [0.1, 0.15) is 61.3 Å². The number of carbonyl (C=O) groups excluding carboxylic acids is 2. The fourth-order valence-electron chi connectivity index (χ4n) is 5.02. The van der Waals surface area contributed by atoms with Gasteiger partial charge in [-0.2, -0.15) is 0 Å². The first-order chi connectivity index (χ1) is 15.2. The Morgan fingerprint density at radius 2 is 1.91 bits per heavy atom. The molecule has 0 bridgehead atoms. The molecule has 0 amide bonds. The van der Waals surface area contributed by atoms with Crippen LogP contribution < -0.4 is 0 Å². The molecule has 190 valence electrons. The van der Waals surface area contributed by atoms with E-state index < -0.39 is 29.8 Å². The molecule has 8 atom stereocenters. The van der Waals surface area contributed by atoms with Gasteiger partial charge in [-0.1, -0.05) is 20.8 Å². The van der Waals surface area contributed by atoms with E-state index in [0.717, 1.165) is 12.7 Å². The fourth-order valence-corrected chi connectivity index (χ4v) is 5.02. The molecule has 0 aromatic carbocycles. The Balaban J connectivity index is 2.44. The number of methoxy groups -OCH3 is 1. The van der Waals surface area contributed by atoms with Crippen LogP contribution in [0.2, 0.25) is 0 Å². The van der Waals surface area contributed by atoms with Gasteiger partial charge in [-0.3, -0.25) is 0 Å². The van der Waals surface area contributed by atoms with Gasteiger partial charge in [-0.05, 0) is 40.8 Å². The van der Waals surface area contributed by atoms with Crippen LogP contribution in [0.15, 0.2) is 11.8 Å². The van der Waals surface area contributed by atoms with Gasteiger partial charge in [0.2, 0.25) is 5.79 Å². The minimum atomic E-state index is -1.08. The average Bonchev–Trinajstić information content (AvgIpc) is 2.71. The Hall–Kier alpha value is -1.48. The van der Waals surface area contributed by atoms with E-state index in [2.05, 4.69) is 25.9 Å². The molecule has 0 aromatic rings. The number of ether oxygens (including phenoxy) is 5. The summed E-state index contributed by atoms with van der Waals surface area (Å²) in [6.07, 6.45) is 2.61. The molecule has 0 radical (unpaired) electrons. The maximum atomic E-state index is 12.2. The smallest absolute Gasteiger partial charge is 0.337 e. The molecule has 2 aliphatic rings. The lowest BCUT2D eigenvalue weighted by molar-refractivity contribution is -0.284. The van der Waals surface area contributed by atoms with Crippen molar-refractivity contribution in [2.24, 2.45) is 17.8 Å². The summed E-state index contributed by atoms with van der Waals surface area (Å²) in [4.78, 5) is 25.9. The van der Waals surface area contributed by atoms with Crippen molar-refractivity contribution in [2.45, 2.75) is 97.2 Å². The second-order valence-corrected chi connectivity index (χ2v) is 10.6. The molecule has 8 heteroatoms. The van der Waals surface area contributed by atoms with Crippen molar-refractivity contribution in [2.75, 3.05) is 21.2 Å². The van der Waals surface area contributed by atoms with E-state index in [0.29, 0.717) is 12.2 Å². The summed E-state index contributed by atoms with van der Waals surface area (Å²) in [7, 11) is 5.75. The molecule has 0 aromatic heterocycles. The van der Waals surface area contributed by atoms with E-state index in [-0.39, 0.29) is 29.9 Å². The van der Waals surface area contributed by atoms with Crippen molar-refractivity contribution in [1.29, 1.82) is 0 Å². The fraction of sp³-hybridized carbons (Fsp3) is 0.840. The number of nitrogens with zero attached hydrogens (tertiary/aromatic N) is 1. The van der Waals surface area contributed by atoms with Crippen molar-refractivity contribution < 1.29 is 33.3 Å². The highest BCUT2D eigenvalue weighted by Crippen LogP contribution is 2.39. The lowest BCUT2D eigenvalue weighted by atomic mass is 9.81. The van der Waals surface area contributed by atoms with Crippen LogP contribution in [0.4, 0.5) is 0 Å². The SMILES string of the molecule is CO[C@](C)(C[C@@H](C)C=O)[C@H](OC1OC(C)CC(N(C)C)C1C)[C@@H](C)C1=CC(=O)OC(C)(C)O1. The summed E-state index contributed by atoms with van der Waals surface area (Å²) in [5.74, 6) is -1.60. The number of esters is 1. The third-order valence-electron chi connectivity index (χ3n) is 6.82. The first-order valence-corrected chi connectivity index (χ1v) is 11.8. The van der Waals surface area contributed by atoms with E-state index >= 15 is 0 Å². The molecular weight excluding hydrogens is 426 g/mol. The van der Waals surface area contributed by atoms with Gasteiger partial charge in [0.15, 0.2) is 6.29 Å². The molecule has 0 N–H and O–H groups in total. The summed E-state index contributed by atoms with van der Waals surface area (Å²) < 4.78 is 30.2. The number of aldehydes is 1. The van der Waals surface area contributed by atoms with Crippen LogP contribution in [-0.4, -0.2) is 74.3 Å². The van der Waals surface area contributed by atoms with Gasteiger partial charge in [-0.25, -0.2) is 4.79 Å². The Labute approximate surface area is 198 Å². The van der Waals surface area contributed by atoms with Crippen molar-refractivity contribution in [3.05, 3.63) is 11.8 Å². The Bertz CT molecular complexity index is 722. The molecule has 0 spiro atoms. The van der Waals surface area contributed by atoms with E-state index in [1.165, 1.54) is 6.08 Å². The molecule has 0 saturated carbocycles. The van der Waals surface area contributed by atoms with Crippen LogP contribution in [0.3, 0.4) is 0 Å². The summed E-state index contributed by atoms with van der Waals surface area (Å²) in [5, 5.41) is 0. The zero-order valence-corrected chi connectivity index (χ0v) is 21.9. The largest absolute Gasteiger partial charge is 0.456 e. The zero-order valence-electron chi connectivity index (χ0n) is 21.9. The predicted octanol–water partition coefficient (Wildman–Crippen LogP) is 3.53. The quantitative estimate of drug-likeness (QED) is 0.355. The highest BCUT2D eigenvalue weighted by molar-refractivity contribution is 5.83. The topological polar surface area (TPSA) is 83.5 Å². The van der Waals surface area contributed by atoms with E-state index in [1.54, 1.807) is 21.0 Å². The Morgan fingerprint density at radius 1 is 1.27 bits per heavy atom. The van der Waals surface area contributed by atoms with Crippen LogP contribution in [0.5, 0.6) is 0 Å². The lowest BCUT2D eigenvalue weighted by Gasteiger charge is -2.48. The monoisotopic (exact) mass is 469 g/mol. The van der Waals surface area contributed by atoms with Gasteiger partial charge in [0.1, 0.15) is 12.0 Å². The maximum absolute atomic E-state index is 12.2. The van der Waals surface area contributed by atoms with Crippen LogP contribution in [0.25, 0.3) is 0 Å². The first kappa shape index (κ1) is 27.8. The Morgan fingerprint density at radius 3 is 2.42 bits per heavy atom. The third kappa shape index (κ3) is 6.78. The summed E-state index contributed by atoms with van der Waals surface area (Å²) >= 11 is 0. The summed E-state index contributed by atoms with van der Waals surface area (Å²) in [5.41, 5.74) is -0.840. The molecule has 4 unspecified atom stereocenters. The number of rotatable bonds is 10. The first-order valence-electron chi connectivity index (χ1n) is 11.8. The zero-order chi connectivity index (χ0) is 25.1. The highest BCUT2D eigenvalue weighted by atomic mass is 16.7. The Kier molecular flexibility index (Phi) is 9.12. The number of carbonyl (C=O) groups is 2. The number of hydrogen-bond donors (Lipinski definition) is 0. The molecule has 8 nitrogen and oxygen atoms in total.